The Hall–Kier alpha value is -0.320. The molecule has 0 aromatic heterocycles. The number of rotatable bonds is 4. The normalized spacial score (nSPS) is 17.4. The highest BCUT2D eigenvalue weighted by atomic mass is 35.5. The molecule has 1 fully saturated rings. The third-order valence-corrected chi connectivity index (χ3v) is 3.23. The quantitative estimate of drug-likeness (QED) is 0.839. The lowest BCUT2D eigenvalue weighted by atomic mass is 9.92. The fourth-order valence-corrected chi connectivity index (χ4v) is 1.98. The number of carbonyl (C=O) groups excluding carboxylic acids is 1. The van der Waals surface area contributed by atoms with Crippen molar-refractivity contribution in [2.24, 2.45) is 5.41 Å². The van der Waals surface area contributed by atoms with Crippen molar-refractivity contribution in [1.82, 2.24) is 15.1 Å². The number of piperazine rings is 1. The first-order valence-corrected chi connectivity index (χ1v) is 6.57. The van der Waals surface area contributed by atoms with Gasteiger partial charge in [0.1, 0.15) is 0 Å². The van der Waals surface area contributed by atoms with Crippen molar-refractivity contribution in [1.29, 1.82) is 0 Å². The van der Waals surface area contributed by atoms with Crippen molar-refractivity contribution in [2.75, 3.05) is 46.3 Å². The van der Waals surface area contributed by atoms with E-state index in [2.05, 4.69) is 31.0 Å². The van der Waals surface area contributed by atoms with E-state index in [1.807, 2.05) is 11.9 Å². The molecule has 0 atom stereocenters. The SMILES string of the molecule is CNCC(=O)N1CCN(CCC(C)(C)C)CC1.Cl. The summed E-state index contributed by atoms with van der Waals surface area (Å²) >= 11 is 0. The second-order valence-corrected chi connectivity index (χ2v) is 6.06. The molecule has 1 heterocycles. The molecule has 0 unspecified atom stereocenters. The van der Waals surface area contributed by atoms with Crippen LogP contribution in [0.2, 0.25) is 0 Å². The molecule has 1 aliphatic rings. The van der Waals surface area contributed by atoms with Crippen LogP contribution in [0.25, 0.3) is 0 Å². The second-order valence-electron chi connectivity index (χ2n) is 6.06. The maximum Gasteiger partial charge on any atom is 0.236 e. The highest BCUT2D eigenvalue weighted by Crippen LogP contribution is 2.19. The largest absolute Gasteiger partial charge is 0.339 e. The molecule has 18 heavy (non-hydrogen) atoms. The van der Waals surface area contributed by atoms with Crippen LogP contribution in [0.1, 0.15) is 27.2 Å². The Morgan fingerprint density at radius 2 is 1.72 bits per heavy atom. The lowest BCUT2D eigenvalue weighted by Gasteiger charge is -2.36. The number of amides is 1. The van der Waals surface area contributed by atoms with E-state index >= 15 is 0 Å². The molecule has 1 N–H and O–H groups in total. The number of carbonyl (C=O) groups is 1. The van der Waals surface area contributed by atoms with Crippen molar-refractivity contribution < 1.29 is 4.79 Å². The van der Waals surface area contributed by atoms with Gasteiger partial charge in [0.05, 0.1) is 6.54 Å². The van der Waals surface area contributed by atoms with E-state index in [9.17, 15) is 4.79 Å². The zero-order valence-electron chi connectivity index (χ0n) is 12.2. The number of hydrogen-bond donors (Lipinski definition) is 1. The summed E-state index contributed by atoms with van der Waals surface area (Å²) in [6, 6.07) is 0. The summed E-state index contributed by atoms with van der Waals surface area (Å²) in [5.74, 6) is 0.225. The van der Waals surface area contributed by atoms with Crippen molar-refractivity contribution in [3.63, 3.8) is 0 Å². The molecule has 0 saturated carbocycles. The first-order valence-electron chi connectivity index (χ1n) is 6.57. The Labute approximate surface area is 117 Å². The minimum absolute atomic E-state index is 0. The monoisotopic (exact) mass is 277 g/mol. The van der Waals surface area contributed by atoms with E-state index in [-0.39, 0.29) is 18.3 Å². The minimum Gasteiger partial charge on any atom is -0.339 e. The molecule has 1 aliphatic heterocycles. The number of halogens is 1. The maximum absolute atomic E-state index is 11.7. The smallest absolute Gasteiger partial charge is 0.236 e. The third kappa shape index (κ3) is 6.57. The number of hydrogen-bond acceptors (Lipinski definition) is 3. The van der Waals surface area contributed by atoms with Crippen LogP contribution in [0.4, 0.5) is 0 Å². The number of nitrogens with zero attached hydrogens (tertiary/aromatic N) is 2. The highest BCUT2D eigenvalue weighted by Gasteiger charge is 2.21. The van der Waals surface area contributed by atoms with Crippen LogP contribution in [0, 0.1) is 5.41 Å². The van der Waals surface area contributed by atoms with Gasteiger partial charge in [0.25, 0.3) is 0 Å². The molecule has 108 valence electrons. The van der Waals surface area contributed by atoms with Gasteiger partial charge in [-0.15, -0.1) is 12.4 Å². The van der Waals surface area contributed by atoms with E-state index in [1.54, 1.807) is 0 Å². The van der Waals surface area contributed by atoms with Gasteiger partial charge in [-0.2, -0.15) is 0 Å². The molecule has 1 rings (SSSR count). The van der Waals surface area contributed by atoms with Crippen LogP contribution < -0.4 is 5.32 Å². The third-order valence-electron chi connectivity index (χ3n) is 3.23. The van der Waals surface area contributed by atoms with Gasteiger partial charge in [-0.3, -0.25) is 9.69 Å². The molecule has 1 saturated heterocycles. The van der Waals surface area contributed by atoms with Crippen LogP contribution in [-0.4, -0.2) is 62.0 Å². The zero-order valence-corrected chi connectivity index (χ0v) is 13.0. The maximum atomic E-state index is 11.7. The Morgan fingerprint density at radius 1 is 1.17 bits per heavy atom. The van der Waals surface area contributed by atoms with Gasteiger partial charge in [-0.05, 0) is 25.4 Å². The molecule has 1 amide bonds. The summed E-state index contributed by atoms with van der Waals surface area (Å²) in [6.07, 6.45) is 1.22. The van der Waals surface area contributed by atoms with Gasteiger partial charge in [0.2, 0.25) is 5.91 Å². The molecule has 0 spiro atoms. The van der Waals surface area contributed by atoms with Crippen LogP contribution in [0.3, 0.4) is 0 Å². The summed E-state index contributed by atoms with van der Waals surface area (Å²) in [7, 11) is 1.82. The molecule has 0 bridgehead atoms. The Bertz CT molecular complexity index is 245. The average molecular weight is 278 g/mol. The van der Waals surface area contributed by atoms with E-state index in [1.165, 1.54) is 6.42 Å². The minimum atomic E-state index is 0. The van der Waals surface area contributed by atoms with Gasteiger partial charge >= 0.3 is 0 Å². The first-order chi connectivity index (χ1) is 7.92. The standard InChI is InChI=1S/C13H27N3O.ClH/c1-13(2,3)5-6-15-7-9-16(10-8-15)12(17)11-14-4;/h14H,5-11H2,1-4H3;1H. The molecule has 5 heteroatoms. The fraction of sp³-hybridized carbons (Fsp3) is 0.923. The van der Waals surface area contributed by atoms with Crippen molar-refractivity contribution in [2.45, 2.75) is 27.2 Å². The first kappa shape index (κ1) is 17.7. The summed E-state index contributed by atoms with van der Waals surface area (Å²) in [5, 5.41) is 2.92. The number of likely N-dealkylation sites (N-methyl/N-ethyl adjacent to an activating group) is 1. The van der Waals surface area contributed by atoms with Gasteiger partial charge in [0, 0.05) is 26.2 Å². The molecular formula is C13H28ClN3O. The molecule has 0 aromatic rings. The molecule has 0 aliphatic carbocycles. The fourth-order valence-electron chi connectivity index (χ4n) is 1.98. The zero-order chi connectivity index (χ0) is 12.9. The second kappa shape index (κ2) is 7.97. The van der Waals surface area contributed by atoms with E-state index in [4.69, 9.17) is 0 Å². The lowest BCUT2D eigenvalue weighted by Crippen LogP contribution is -2.50. The van der Waals surface area contributed by atoms with Crippen molar-refractivity contribution >= 4 is 18.3 Å². The topological polar surface area (TPSA) is 35.6 Å². The number of nitrogens with one attached hydrogen (secondary N) is 1. The van der Waals surface area contributed by atoms with Crippen LogP contribution in [0.5, 0.6) is 0 Å². The van der Waals surface area contributed by atoms with Crippen LogP contribution in [-0.2, 0) is 4.79 Å². The molecule has 4 nitrogen and oxygen atoms in total. The van der Waals surface area contributed by atoms with Gasteiger partial charge in [0.15, 0.2) is 0 Å². The Morgan fingerprint density at radius 3 is 2.17 bits per heavy atom. The van der Waals surface area contributed by atoms with Crippen LogP contribution in [0.15, 0.2) is 0 Å². The summed E-state index contributed by atoms with van der Waals surface area (Å²) in [4.78, 5) is 16.1. The van der Waals surface area contributed by atoms with E-state index in [0.29, 0.717) is 12.0 Å². The van der Waals surface area contributed by atoms with Gasteiger partial charge in [-0.25, -0.2) is 0 Å². The van der Waals surface area contributed by atoms with Gasteiger partial charge in [-0.1, -0.05) is 20.8 Å². The summed E-state index contributed by atoms with van der Waals surface area (Å²) in [6.45, 7) is 12.2. The van der Waals surface area contributed by atoms with E-state index < -0.39 is 0 Å². The molecular weight excluding hydrogens is 250 g/mol. The summed E-state index contributed by atoms with van der Waals surface area (Å²) in [5.41, 5.74) is 0.402. The van der Waals surface area contributed by atoms with Crippen LogP contribution >= 0.6 is 12.4 Å². The summed E-state index contributed by atoms with van der Waals surface area (Å²) < 4.78 is 0. The van der Waals surface area contributed by atoms with E-state index in [0.717, 1.165) is 32.7 Å². The molecule has 0 radical (unpaired) electrons. The predicted octanol–water partition coefficient (Wildman–Crippen LogP) is 1.21. The van der Waals surface area contributed by atoms with Crippen molar-refractivity contribution in [3.05, 3.63) is 0 Å². The average Bonchev–Trinajstić information content (AvgIpc) is 2.26. The highest BCUT2D eigenvalue weighted by molar-refractivity contribution is 5.85. The van der Waals surface area contributed by atoms with Gasteiger partial charge < -0.3 is 10.2 Å². The lowest BCUT2D eigenvalue weighted by molar-refractivity contribution is -0.131. The predicted molar refractivity (Wildman–Crippen MR) is 78.3 cm³/mol. The Kier molecular flexibility index (Phi) is 7.83. The van der Waals surface area contributed by atoms with Crippen molar-refractivity contribution in [3.8, 4) is 0 Å². The molecule has 0 aromatic carbocycles. The Balaban J connectivity index is 0.00000289.